The number of rotatable bonds is 2. The molecule has 0 atom stereocenters. The van der Waals surface area contributed by atoms with Crippen LogP contribution in [0.3, 0.4) is 0 Å². The third-order valence-corrected chi connectivity index (χ3v) is 3.35. The van der Waals surface area contributed by atoms with Crippen molar-refractivity contribution in [1.29, 1.82) is 0 Å². The van der Waals surface area contributed by atoms with E-state index in [-0.39, 0.29) is 6.79 Å². The molecule has 0 radical (unpaired) electrons. The highest BCUT2D eigenvalue weighted by atomic mass is 32.1. The van der Waals surface area contributed by atoms with E-state index in [1.54, 1.807) is 0 Å². The molecular formula is C12H9NO4S. The number of esters is 1. The molecule has 1 aromatic heterocycles. The summed E-state index contributed by atoms with van der Waals surface area (Å²) in [5.74, 6) is 0.995. The fourth-order valence-corrected chi connectivity index (χ4v) is 2.39. The average Bonchev–Trinajstić information content (AvgIpc) is 3.05. The minimum Gasteiger partial charge on any atom is -0.464 e. The Kier molecular flexibility index (Phi) is 2.64. The highest BCUT2D eigenvalue weighted by Gasteiger charge is 2.16. The molecule has 1 aliphatic rings. The van der Waals surface area contributed by atoms with Gasteiger partial charge in [0.25, 0.3) is 0 Å². The van der Waals surface area contributed by atoms with Crippen LogP contribution in [0, 0.1) is 0 Å². The summed E-state index contributed by atoms with van der Waals surface area (Å²) in [5, 5.41) is 2.15. The molecule has 0 fully saturated rings. The first kappa shape index (κ1) is 11.0. The van der Waals surface area contributed by atoms with Crippen molar-refractivity contribution < 1.29 is 19.0 Å². The fourth-order valence-electron chi connectivity index (χ4n) is 1.64. The average molecular weight is 263 g/mol. The summed E-state index contributed by atoms with van der Waals surface area (Å²) in [7, 11) is 1.34. The smallest absolute Gasteiger partial charge is 0.367 e. The van der Waals surface area contributed by atoms with E-state index in [1.165, 1.54) is 18.4 Å². The fraction of sp³-hybridized carbons (Fsp3) is 0.167. The van der Waals surface area contributed by atoms with Crippen LogP contribution in [-0.2, 0) is 4.74 Å². The number of hydrogen-bond donors (Lipinski definition) is 0. The molecule has 0 saturated heterocycles. The summed E-state index contributed by atoms with van der Waals surface area (Å²) < 4.78 is 15.2. The first-order valence-corrected chi connectivity index (χ1v) is 6.10. The number of hydrogen-bond acceptors (Lipinski definition) is 6. The van der Waals surface area contributed by atoms with Gasteiger partial charge in [0.15, 0.2) is 11.5 Å². The lowest BCUT2D eigenvalue weighted by Crippen LogP contribution is -1.99. The van der Waals surface area contributed by atoms with Crippen molar-refractivity contribution in [3.8, 4) is 22.8 Å². The number of carbonyl (C=O) groups excluding carboxylic acids is 1. The highest BCUT2D eigenvalue weighted by molar-refractivity contribution is 7.11. The summed E-state index contributed by atoms with van der Waals surface area (Å²) in [6.07, 6.45) is 0. The maximum absolute atomic E-state index is 11.3. The van der Waals surface area contributed by atoms with Crippen LogP contribution < -0.4 is 9.47 Å². The Balaban J connectivity index is 1.95. The molecule has 1 aliphatic heterocycles. The Bertz CT molecular complexity index is 608. The van der Waals surface area contributed by atoms with E-state index in [9.17, 15) is 4.79 Å². The topological polar surface area (TPSA) is 57.7 Å². The van der Waals surface area contributed by atoms with Gasteiger partial charge in [-0.3, -0.25) is 0 Å². The Morgan fingerprint density at radius 3 is 3.06 bits per heavy atom. The number of methoxy groups -OCH3 is 1. The van der Waals surface area contributed by atoms with E-state index in [4.69, 9.17) is 9.47 Å². The van der Waals surface area contributed by atoms with Gasteiger partial charge in [-0.25, -0.2) is 9.78 Å². The van der Waals surface area contributed by atoms with Crippen LogP contribution in [-0.4, -0.2) is 24.9 Å². The van der Waals surface area contributed by atoms with Gasteiger partial charge in [-0.15, -0.1) is 11.3 Å². The van der Waals surface area contributed by atoms with E-state index in [0.29, 0.717) is 10.8 Å². The SMILES string of the molecule is COC(=O)c1nc(-c2ccc3c(c2)OCO3)cs1. The first-order valence-electron chi connectivity index (χ1n) is 5.22. The van der Waals surface area contributed by atoms with Gasteiger partial charge in [-0.2, -0.15) is 0 Å². The zero-order valence-electron chi connectivity index (χ0n) is 9.50. The standard InChI is InChI=1S/C12H9NO4S/c1-15-12(14)11-13-8(5-18-11)7-2-3-9-10(4-7)17-6-16-9/h2-5H,6H2,1H3. The number of benzene rings is 1. The van der Waals surface area contributed by atoms with E-state index < -0.39 is 5.97 Å². The van der Waals surface area contributed by atoms with Crippen molar-refractivity contribution in [3.63, 3.8) is 0 Å². The zero-order valence-corrected chi connectivity index (χ0v) is 10.3. The zero-order chi connectivity index (χ0) is 12.5. The molecule has 2 heterocycles. The van der Waals surface area contributed by atoms with E-state index in [2.05, 4.69) is 9.72 Å². The number of aromatic nitrogens is 1. The van der Waals surface area contributed by atoms with Gasteiger partial charge in [0.1, 0.15) is 0 Å². The molecule has 0 unspecified atom stereocenters. The molecule has 1 aromatic carbocycles. The normalized spacial score (nSPS) is 12.5. The molecule has 0 amide bonds. The van der Waals surface area contributed by atoms with Crippen LogP contribution in [0.2, 0.25) is 0 Å². The van der Waals surface area contributed by atoms with Crippen LogP contribution in [0.15, 0.2) is 23.6 Å². The Hall–Kier alpha value is -2.08. The second-order valence-corrected chi connectivity index (χ2v) is 4.46. The van der Waals surface area contributed by atoms with Crippen LogP contribution in [0.4, 0.5) is 0 Å². The minimum absolute atomic E-state index is 0.239. The minimum atomic E-state index is -0.424. The van der Waals surface area contributed by atoms with Crippen molar-refractivity contribution in [2.75, 3.05) is 13.9 Å². The lowest BCUT2D eigenvalue weighted by atomic mass is 10.1. The predicted molar refractivity (Wildman–Crippen MR) is 65.0 cm³/mol. The number of ether oxygens (including phenoxy) is 3. The predicted octanol–water partition coefficient (Wildman–Crippen LogP) is 2.33. The number of nitrogens with zero attached hydrogens (tertiary/aromatic N) is 1. The van der Waals surface area contributed by atoms with Gasteiger partial charge >= 0.3 is 5.97 Å². The molecule has 2 aromatic rings. The molecule has 5 nitrogen and oxygen atoms in total. The quantitative estimate of drug-likeness (QED) is 0.778. The van der Waals surface area contributed by atoms with Crippen LogP contribution in [0.1, 0.15) is 9.80 Å². The third kappa shape index (κ3) is 1.80. The summed E-state index contributed by atoms with van der Waals surface area (Å²) >= 11 is 1.25. The number of thiazole rings is 1. The molecule has 92 valence electrons. The number of fused-ring (bicyclic) bond motifs is 1. The van der Waals surface area contributed by atoms with E-state index >= 15 is 0 Å². The monoisotopic (exact) mass is 263 g/mol. The summed E-state index contributed by atoms with van der Waals surface area (Å²) in [5.41, 5.74) is 1.60. The second-order valence-electron chi connectivity index (χ2n) is 3.60. The van der Waals surface area contributed by atoms with Gasteiger partial charge in [0.05, 0.1) is 12.8 Å². The lowest BCUT2D eigenvalue weighted by molar-refractivity contribution is 0.0600. The van der Waals surface area contributed by atoms with Crippen molar-refractivity contribution >= 4 is 17.3 Å². The Morgan fingerprint density at radius 1 is 1.39 bits per heavy atom. The molecular weight excluding hydrogens is 254 g/mol. The van der Waals surface area contributed by atoms with E-state index in [0.717, 1.165) is 17.0 Å². The molecule has 0 spiro atoms. The van der Waals surface area contributed by atoms with Crippen molar-refractivity contribution in [2.45, 2.75) is 0 Å². The summed E-state index contributed by atoms with van der Waals surface area (Å²) in [4.78, 5) is 15.6. The van der Waals surface area contributed by atoms with Gasteiger partial charge in [0, 0.05) is 10.9 Å². The second kappa shape index (κ2) is 4.30. The Morgan fingerprint density at radius 2 is 2.22 bits per heavy atom. The van der Waals surface area contributed by atoms with E-state index in [1.807, 2.05) is 23.6 Å². The lowest BCUT2D eigenvalue weighted by Gasteiger charge is -1.99. The van der Waals surface area contributed by atoms with Gasteiger partial charge in [0.2, 0.25) is 11.8 Å². The van der Waals surface area contributed by atoms with Crippen molar-refractivity contribution in [2.24, 2.45) is 0 Å². The Labute approximate surface area is 107 Å². The first-order chi connectivity index (χ1) is 8.78. The molecule has 18 heavy (non-hydrogen) atoms. The summed E-state index contributed by atoms with van der Waals surface area (Å²) in [6.45, 7) is 0.239. The maximum Gasteiger partial charge on any atom is 0.367 e. The highest BCUT2D eigenvalue weighted by Crippen LogP contribution is 2.36. The molecule has 6 heteroatoms. The molecule has 0 aliphatic carbocycles. The molecule has 0 bridgehead atoms. The van der Waals surface area contributed by atoms with Gasteiger partial charge < -0.3 is 14.2 Å². The number of carbonyl (C=O) groups is 1. The summed E-state index contributed by atoms with van der Waals surface area (Å²) in [6, 6.07) is 5.55. The molecule has 0 N–H and O–H groups in total. The van der Waals surface area contributed by atoms with Crippen molar-refractivity contribution in [3.05, 3.63) is 28.6 Å². The van der Waals surface area contributed by atoms with Crippen molar-refractivity contribution in [1.82, 2.24) is 4.98 Å². The maximum atomic E-state index is 11.3. The van der Waals surface area contributed by atoms with Crippen LogP contribution in [0.5, 0.6) is 11.5 Å². The van der Waals surface area contributed by atoms with Crippen LogP contribution in [0.25, 0.3) is 11.3 Å². The largest absolute Gasteiger partial charge is 0.464 e. The van der Waals surface area contributed by atoms with Crippen LogP contribution >= 0.6 is 11.3 Å². The van der Waals surface area contributed by atoms with Gasteiger partial charge in [-0.05, 0) is 18.2 Å². The molecule has 0 saturated carbocycles. The third-order valence-electron chi connectivity index (χ3n) is 2.53. The molecule has 3 rings (SSSR count). The van der Waals surface area contributed by atoms with Gasteiger partial charge in [-0.1, -0.05) is 0 Å².